The highest BCUT2D eigenvalue weighted by Gasteiger charge is 2.13. The molecule has 0 aliphatic heterocycles. The molecule has 2 rings (SSSR count). The summed E-state index contributed by atoms with van der Waals surface area (Å²) in [5, 5.41) is 19.6. The van der Waals surface area contributed by atoms with E-state index < -0.39 is 4.92 Å². The first-order chi connectivity index (χ1) is 10.5. The number of allylic oxidation sites excluding steroid dienone is 1. The van der Waals surface area contributed by atoms with Crippen molar-refractivity contribution in [3.05, 3.63) is 80.9 Å². The molecule has 2 aromatic rings. The molecule has 0 heterocycles. The molecule has 0 aliphatic carbocycles. The molecule has 0 radical (unpaired) electrons. The Bertz CT molecular complexity index is 800. The summed E-state index contributed by atoms with van der Waals surface area (Å²) in [6, 6.07) is 13.2. The molecule has 0 spiro atoms. The van der Waals surface area contributed by atoms with Crippen LogP contribution < -0.4 is 0 Å². The van der Waals surface area contributed by atoms with Gasteiger partial charge in [-0.05, 0) is 30.7 Å². The molecule has 0 unspecified atom stereocenters. The number of carbonyl (C=O) groups excluding carboxylic acids is 1. The van der Waals surface area contributed by atoms with Gasteiger partial charge in [-0.3, -0.25) is 14.9 Å². The molecule has 0 fully saturated rings. The van der Waals surface area contributed by atoms with Crippen LogP contribution in [0.2, 0.25) is 0 Å². The van der Waals surface area contributed by atoms with Crippen LogP contribution in [0.4, 0.5) is 5.69 Å². The van der Waals surface area contributed by atoms with Crippen molar-refractivity contribution in [3.63, 3.8) is 0 Å². The van der Waals surface area contributed by atoms with E-state index in [9.17, 15) is 14.9 Å². The number of rotatable bonds is 4. The number of ketones is 1. The van der Waals surface area contributed by atoms with Crippen LogP contribution in [-0.4, -0.2) is 10.7 Å². The van der Waals surface area contributed by atoms with Gasteiger partial charge in [-0.1, -0.05) is 30.3 Å². The molecule has 108 valence electrons. The summed E-state index contributed by atoms with van der Waals surface area (Å²) in [6.45, 7) is 1.62. The monoisotopic (exact) mass is 292 g/mol. The second-order valence-electron chi connectivity index (χ2n) is 4.69. The molecule has 0 N–H and O–H groups in total. The molecule has 0 saturated heterocycles. The Labute approximate surface area is 127 Å². The van der Waals surface area contributed by atoms with Crippen LogP contribution >= 0.6 is 0 Å². The first kappa shape index (κ1) is 15.1. The summed E-state index contributed by atoms with van der Waals surface area (Å²) in [6.07, 6.45) is 2.96. The minimum absolute atomic E-state index is 0.0716. The summed E-state index contributed by atoms with van der Waals surface area (Å²) in [5.41, 5.74) is 2.02. The molecule has 0 aromatic heterocycles. The number of nitro groups is 1. The summed E-state index contributed by atoms with van der Waals surface area (Å²) in [7, 11) is 0. The van der Waals surface area contributed by atoms with Gasteiger partial charge in [0.1, 0.15) is 0 Å². The van der Waals surface area contributed by atoms with Crippen molar-refractivity contribution in [1.29, 1.82) is 5.26 Å². The lowest BCUT2D eigenvalue weighted by molar-refractivity contribution is -0.385. The van der Waals surface area contributed by atoms with Crippen molar-refractivity contribution in [2.75, 3.05) is 0 Å². The number of aryl methyl sites for hydroxylation is 1. The Hall–Kier alpha value is -3.26. The largest absolute Gasteiger partial charge is 0.289 e. The van der Waals surface area contributed by atoms with Crippen LogP contribution in [0.15, 0.2) is 48.5 Å². The zero-order chi connectivity index (χ0) is 16.1. The molecule has 0 amide bonds. The summed E-state index contributed by atoms with van der Waals surface area (Å²) in [5.74, 6) is -0.313. The van der Waals surface area contributed by atoms with Gasteiger partial charge in [-0.25, -0.2) is 0 Å². The third-order valence-corrected chi connectivity index (χ3v) is 3.16. The maximum Gasteiger partial charge on any atom is 0.273 e. The number of nitrogens with zero attached hydrogens (tertiary/aromatic N) is 2. The fraction of sp³-hybridized carbons (Fsp3) is 0.0588. The van der Waals surface area contributed by atoms with Gasteiger partial charge >= 0.3 is 0 Å². The Morgan fingerprint density at radius 2 is 1.91 bits per heavy atom. The van der Waals surface area contributed by atoms with Crippen LogP contribution in [0.25, 0.3) is 6.08 Å². The van der Waals surface area contributed by atoms with Gasteiger partial charge in [0.25, 0.3) is 5.69 Å². The molecular weight excluding hydrogens is 280 g/mol. The number of nitriles is 1. The maximum atomic E-state index is 12.1. The number of benzene rings is 2. The number of carbonyl (C=O) groups is 1. The van der Waals surface area contributed by atoms with Crippen molar-refractivity contribution in [2.45, 2.75) is 6.92 Å². The van der Waals surface area contributed by atoms with Gasteiger partial charge in [0, 0.05) is 17.2 Å². The highest BCUT2D eigenvalue weighted by atomic mass is 16.6. The lowest BCUT2D eigenvalue weighted by atomic mass is 10.1. The van der Waals surface area contributed by atoms with Gasteiger partial charge < -0.3 is 0 Å². The molecule has 22 heavy (non-hydrogen) atoms. The van der Waals surface area contributed by atoms with Gasteiger partial charge in [-0.2, -0.15) is 5.26 Å². The summed E-state index contributed by atoms with van der Waals surface area (Å²) < 4.78 is 0. The lowest BCUT2D eigenvalue weighted by Gasteiger charge is -2.00. The predicted molar refractivity (Wildman–Crippen MR) is 82.4 cm³/mol. The average Bonchev–Trinajstić information content (AvgIpc) is 2.53. The third-order valence-electron chi connectivity index (χ3n) is 3.16. The summed E-state index contributed by atoms with van der Waals surface area (Å²) in [4.78, 5) is 22.4. The normalized spacial score (nSPS) is 10.4. The summed E-state index contributed by atoms with van der Waals surface area (Å²) >= 11 is 0. The molecule has 0 bridgehead atoms. The van der Waals surface area contributed by atoms with Crippen molar-refractivity contribution in [1.82, 2.24) is 0 Å². The smallest absolute Gasteiger partial charge is 0.273 e. The first-order valence-corrected chi connectivity index (χ1v) is 6.49. The second-order valence-corrected chi connectivity index (χ2v) is 4.69. The van der Waals surface area contributed by atoms with Gasteiger partial charge in [0.05, 0.1) is 16.6 Å². The van der Waals surface area contributed by atoms with E-state index in [1.165, 1.54) is 12.1 Å². The zero-order valence-corrected chi connectivity index (χ0v) is 11.8. The number of nitro benzene ring substituents is 1. The minimum Gasteiger partial charge on any atom is -0.289 e. The molecule has 2 aromatic carbocycles. The third kappa shape index (κ3) is 3.44. The Morgan fingerprint density at radius 1 is 1.23 bits per heavy atom. The van der Waals surface area contributed by atoms with E-state index in [-0.39, 0.29) is 17.0 Å². The zero-order valence-electron chi connectivity index (χ0n) is 11.8. The fourth-order valence-corrected chi connectivity index (χ4v) is 1.90. The maximum absolute atomic E-state index is 12.1. The van der Waals surface area contributed by atoms with Gasteiger partial charge in [0.2, 0.25) is 0 Å². The van der Waals surface area contributed by atoms with Crippen LogP contribution in [0, 0.1) is 28.4 Å². The van der Waals surface area contributed by atoms with Crippen LogP contribution in [-0.2, 0) is 0 Å². The molecular formula is C17H12N2O3. The van der Waals surface area contributed by atoms with Crippen molar-refractivity contribution in [2.24, 2.45) is 0 Å². The van der Waals surface area contributed by atoms with Crippen molar-refractivity contribution in [3.8, 4) is 6.07 Å². The van der Waals surface area contributed by atoms with E-state index in [0.717, 1.165) is 5.56 Å². The van der Waals surface area contributed by atoms with E-state index in [1.807, 2.05) is 6.07 Å². The van der Waals surface area contributed by atoms with E-state index in [1.54, 1.807) is 49.4 Å². The molecule has 5 heteroatoms. The van der Waals surface area contributed by atoms with Crippen molar-refractivity contribution < 1.29 is 9.72 Å². The van der Waals surface area contributed by atoms with Crippen LogP contribution in [0.3, 0.4) is 0 Å². The SMILES string of the molecule is Cc1ccc(C(=O)C=Cc2ccc(C#N)cc2)cc1[N+](=O)[O-]. The van der Waals surface area contributed by atoms with E-state index in [0.29, 0.717) is 11.1 Å². The Kier molecular flexibility index (Phi) is 4.44. The average molecular weight is 292 g/mol. The topological polar surface area (TPSA) is 84.0 Å². The first-order valence-electron chi connectivity index (χ1n) is 6.49. The highest BCUT2D eigenvalue weighted by Crippen LogP contribution is 2.20. The van der Waals surface area contributed by atoms with Crippen LogP contribution in [0.1, 0.15) is 27.0 Å². The van der Waals surface area contributed by atoms with Gasteiger partial charge in [-0.15, -0.1) is 0 Å². The fourth-order valence-electron chi connectivity index (χ4n) is 1.90. The van der Waals surface area contributed by atoms with Crippen molar-refractivity contribution >= 4 is 17.5 Å². The van der Waals surface area contributed by atoms with Crippen LogP contribution in [0.5, 0.6) is 0 Å². The van der Waals surface area contributed by atoms with Gasteiger partial charge in [0.15, 0.2) is 5.78 Å². The minimum atomic E-state index is -0.504. The predicted octanol–water partition coefficient (Wildman–Crippen LogP) is 3.67. The highest BCUT2D eigenvalue weighted by molar-refractivity contribution is 6.07. The number of hydrogen-bond acceptors (Lipinski definition) is 4. The Morgan fingerprint density at radius 3 is 2.50 bits per heavy atom. The molecule has 0 saturated carbocycles. The standard InChI is InChI=1S/C17H12N2O3/c1-12-2-8-15(10-16(12)19(21)22)17(20)9-7-13-3-5-14(11-18)6-4-13/h2-10H,1H3. The Balaban J connectivity index is 2.21. The lowest BCUT2D eigenvalue weighted by Crippen LogP contribution is -1.98. The molecule has 0 aliphatic rings. The molecule has 0 atom stereocenters. The number of hydrogen-bond donors (Lipinski definition) is 0. The second kappa shape index (κ2) is 6.46. The quantitative estimate of drug-likeness (QED) is 0.372. The van der Waals surface area contributed by atoms with E-state index in [2.05, 4.69) is 0 Å². The van der Waals surface area contributed by atoms with E-state index >= 15 is 0 Å². The van der Waals surface area contributed by atoms with E-state index in [4.69, 9.17) is 5.26 Å². The molecule has 5 nitrogen and oxygen atoms in total.